The molecule has 2 nitrogen and oxygen atoms in total. The topological polar surface area (TPSA) is 21.3 Å². The molecule has 0 aromatic rings. The molecule has 0 aliphatic carbocycles. The lowest BCUT2D eigenvalue weighted by molar-refractivity contribution is -0.145. The van der Waals surface area contributed by atoms with Crippen molar-refractivity contribution in [3.63, 3.8) is 0 Å². The van der Waals surface area contributed by atoms with E-state index in [4.69, 9.17) is 4.74 Å². The van der Waals surface area contributed by atoms with Crippen LogP contribution in [0.15, 0.2) is 0 Å². The zero-order valence-electron chi connectivity index (χ0n) is 7.08. The molecule has 0 bridgehead atoms. The van der Waals surface area contributed by atoms with Crippen molar-refractivity contribution in [1.82, 2.24) is 5.32 Å². The summed E-state index contributed by atoms with van der Waals surface area (Å²) in [6.07, 6.45) is -4.96. The molecule has 0 atom stereocenters. The van der Waals surface area contributed by atoms with Crippen LogP contribution in [0.25, 0.3) is 0 Å². The van der Waals surface area contributed by atoms with Gasteiger partial charge in [-0.1, -0.05) is 6.92 Å². The van der Waals surface area contributed by atoms with Gasteiger partial charge < -0.3 is 10.1 Å². The van der Waals surface area contributed by atoms with Crippen molar-refractivity contribution in [2.75, 3.05) is 26.3 Å². The van der Waals surface area contributed by atoms with Gasteiger partial charge in [0.2, 0.25) is 0 Å². The van der Waals surface area contributed by atoms with Gasteiger partial charge in [0.1, 0.15) is 0 Å². The van der Waals surface area contributed by atoms with Crippen LogP contribution in [0.5, 0.6) is 0 Å². The Balaban J connectivity index is 3.01. The van der Waals surface area contributed by atoms with Crippen molar-refractivity contribution in [3.8, 4) is 0 Å². The predicted molar refractivity (Wildman–Crippen MR) is 40.0 cm³/mol. The van der Waals surface area contributed by atoms with Gasteiger partial charge in [-0.25, -0.2) is 0 Å². The Hall–Kier alpha value is -0.290. The van der Waals surface area contributed by atoms with Gasteiger partial charge in [0.25, 0.3) is 0 Å². The normalized spacial score (nSPS) is 12.0. The highest BCUT2D eigenvalue weighted by Crippen LogP contribution is 2.18. The molecule has 74 valence electrons. The average Bonchev–Trinajstić information content (AvgIpc) is 1.94. The maximum atomic E-state index is 11.5. The molecule has 0 fully saturated rings. The first-order chi connectivity index (χ1) is 5.56. The van der Waals surface area contributed by atoms with Crippen LogP contribution in [0.4, 0.5) is 13.2 Å². The number of rotatable bonds is 6. The van der Waals surface area contributed by atoms with E-state index in [-0.39, 0.29) is 6.61 Å². The minimum Gasteiger partial charge on any atom is -0.380 e. The van der Waals surface area contributed by atoms with Crippen LogP contribution in [0.3, 0.4) is 0 Å². The molecule has 12 heavy (non-hydrogen) atoms. The molecule has 0 saturated heterocycles. The van der Waals surface area contributed by atoms with Crippen molar-refractivity contribution in [2.24, 2.45) is 0 Å². The molecular weight excluding hydrogens is 171 g/mol. The van der Waals surface area contributed by atoms with E-state index in [1.54, 1.807) is 0 Å². The highest BCUT2D eigenvalue weighted by Gasteiger charge is 2.26. The van der Waals surface area contributed by atoms with Crippen molar-refractivity contribution in [3.05, 3.63) is 0 Å². The first-order valence-electron chi connectivity index (χ1n) is 3.91. The number of nitrogens with one attached hydrogen (secondary N) is 1. The van der Waals surface area contributed by atoms with E-state index >= 15 is 0 Å². The standard InChI is InChI=1S/C7H14F3NO/c1-2-11-4-6-12-5-3-7(8,9)10/h11H,2-6H2,1H3. The first kappa shape index (κ1) is 11.7. The van der Waals surface area contributed by atoms with E-state index in [0.29, 0.717) is 13.2 Å². The SMILES string of the molecule is CCNCCOCCC(F)(F)F. The third-order valence-corrected chi connectivity index (χ3v) is 1.20. The summed E-state index contributed by atoms with van der Waals surface area (Å²) in [5.74, 6) is 0. The lowest BCUT2D eigenvalue weighted by atomic mass is 10.4. The number of alkyl halides is 3. The second kappa shape index (κ2) is 6.25. The highest BCUT2D eigenvalue weighted by molar-refractivity contribution is 4.48. The van der Waals surface area contributed by atoms with E-state index in [0.717, 1.165) is 6.54 Å². The predicted octanol–water partition coefficient (Wildman–Crippen LogP) is 1.56. The molecule has 0 aliphatic rings. The Morgan fingerprint density at radius 3 is 2.42 bits per heavy atom. The molecule has 0 heterocycles. The minimum atomic E-state index is -4.10. The Kier molecular flexibility index (Phi) is 6.10. The van der Waals surface area contributed by atoms with Crippen LogP contribution >= 0.6 is 0 Å². The Bertz CT molecular complexity index is 105. The van der Waals surface area contributed by atoms with Gasteiger partial charge in [0, 0.05) is 6.54 Å². The van der Waals surface area contributed by atoms with Gasteiger partial charge >= 0.3 is 6.18 Å². The van der Waals surface area contributed by atoms with E-state index in [1.165, 1.54) is 0 Å². The summed E-state index contributed by atoms with van der Waals surface area (Å²) in [5.41, 5.74) is 0. The van der Waals surface area contributed by atoms with Gasteiger partial charge in [-0.2, -0.15) is 13.2 Å². The summed E-state index contributed by atoms with van der Waals surface area (Å²) in [6.45, 7) is 3.44. The highest BCUT2D eigenvalue weighted by atomic mass is 19.4. The molecule has 0 radical (unpaired) electrons. The molecule has 1 N–H and O–H groups in total. The van der Waals surface area contributed by atoms with Crippen LogP contribution in [0, 0.1) is 0 Å². The molecule has 5 heteroatoms. The summed E-state index contributed by atoms with van der Waals surface area (Å²) in [6, 6.07) is 0. The zero-order chi connectivity index (χ0) is 9.45. The van der Waals surface area contributed by atoms with Crippen LogP contribution in [0.1, 0.15) is 13.3 Å². The third kappa shape index (κ3) is 9.71. The molecule has 0 unspecified atom stereocenters. The van der Waals surface area contributed by atoms with Crippen LogP contribution in [-0.2, 0) is 4.74 Å². The Labute approximate surface area is 70.1 Å². The summed E-state index contributed by atoms with van der Waals surface area (Å²) in [5, 5.41) is 2.94. The van der Waals surface area contributed by atoms with E-state index < -0.39 is 12.6 Å². The van der Waals surface area contributed by atoms with Crippen molar-refractivity contribution < 1.29 is 17.9 Å². The second-order valence-electron chi connectivity index (χ2n) is 2.33. The Morgan fingerprint density at radius 1 is 1.25 bits per heavy atom. The van der Waals surface area contributed by atoms with Crippen LogP contribution in [-0.4, -0.2) is 32.5 Å². The quantitative estimate of drug-likeness (QED) is 0.634. The van der Waals surface area contributed by atoms with Crippen molar-refractivity contribution in [1.29, 1.82) is 0 Å². The second-order valence-corrected chi connectivity index (χ2v) is 2.33. The number of likely N-dealkylation sites (N-methyl/N-ethyl adjacent to an activating group) is 1. The largest absolute Gasteiger partial charge is 0.391 e. The zero-order valence-corrected chi connectivity index (χ0v) is 7.08. The minimum absolute atomic E-state index is 0.241. The molecule has 0 spiro atoms. The lowest BCUT2D eigenvalue weighted by Gasteiger charge is -2.06. The van der Waals surface area contributed by atoms with Gasteiger partial charge in [0.05, 0.1) is 19.6 Å². The monoisotopic (exact) mass is 185 g/mol. The smallest absolute Gasteiger partial charge is 0.380 e. The average molecular weight is 185 g/mol. The van der Waals surface area contributed by atoms with Gasteiger partial charge in [-0.05, 0) is 6.54 Å². The molecule has 0 rings (SSSR count). The molecule has 0 saturated carbocycles. The molecule has 0 aromatic heterocycles. The molecule has 0 amide bonds. The molecule has 0 aromatic carbocycles. The van der Waals surface area contributed by atoms with Crippen molar-refractivity contribution >= 4 is 0 Å². The van der Waals surface area contributed by atoms with E-state index in [2.05, 4.69) is 5.32 Å². The number of ether oxygens (including phenoxy) is 1. The van der Waals surface area contributed by atoms with Gasteiger partial charge in [0.15, 0.2) is 0 Å². The van der Waals surface area contributed by atoms with E-state index in [9.17, 15) is 13.2 Å². The number of hydrogen-bond acceptors (Lipinski definition) is 2. The Morgan fingerprint density at radius 2 is 1.92 bits per heavy atom. The van der Waals surface area contributed by atoms with Crippen LogP contribution in [0.2, 0.25) is 0 Å². The third-order valence-electron chi connectivity index (χ3n) is 1.20. The summed E-state index contributed by atoms with van der Waals surface area (Å²) < 4.78 is 39.3. The summed E-state index contributed by atoms with van der Waals surface area (Å²) in [4.78, 5) is 0. The first-order valence-corrected chi connectivity index (χ1v) is 3.91. The fourth-order valence-corrected chi connectivity index (χ4v) is 0.611. The fourth-order valence-electron chi connectivity index (χ4n) is 0.611. The van der Waals surface area contributed by atoms with E-state index in [1.807, 2.05) is 6.92 Å². The summed E-state index contributed by atoms with van der Waals surface area (Å²) >= 11 is 0. The summed E-state index contributed by atoms with van der Waals surface area (Å²) in [7, 11) is 0. The maximum Gasteiger partial charge on any atom is 0.391 e. The molecular formula is C7H14F3NO. The number of hydrogen-bond donors (Lipinski definition) is 1. The number of halogens is 3. The lowest BCUT2D eigenvalue weighted by Crippen LogP contribution is -2.20. The van der Waals surface area contributed by atoms with Gasteiger partial charge in [-0.15, -0.1) is 0 Å². The maximum absolute atomic E-state index is 11.5. The fraction of sp³-hybridized carbons (Fsp3) is 1.00. The molecule has 0 aliphatic heterocycles. The van der Waals surface area contributed by atoms with Gasteiger partial charge in [-0.3, -0.25) is 0 Å². The van der Waals surface area contributed by atoms with Crippen LogP contribution < -0.4 is 5.32 Å². The van der Waals surface area contributed by atoms with Crippen molar-refractivity contribution in [2.45, 2.75) is 19.5 Å².